The minimum Gasteiger partial charge on any atom is -0.497 e. The van der Waals surface area contributed by atoms with Gasteiger partial charge < -0.3 is 19.9 Å². The molecule has 2 heterocycles. The first kappa shape index (κ1) is 17.6. The van der Waals surface area contributed by atoms with Crippen LogP contribution in [0.3, 0.4) is 0 Å². The number of piperazine rings is 1. The second-order valence-electron chi connectivity index (χ2n) is 7.14. The maximum absolute atomic E-state index is 12.8. The van der Waals surface area contributed by atoms with Gasteiger partial charge in [-0.15, -0.1) is 0 Å². The Hall–Kier alpha value is -2.76. The van der Waals surface area contributed by atoms with Crippen LogP contribution in [-0.2, 0) is 6.42 Å². The molecule has 2 aromatic rings. The van der Waals surface area contributed by atoms with Crippen LogP contribution in [0.1, 0.15) is 30.0 Å². The van der Waals surface area contributed by atoms with Crippen LogP contribution in [0.2, 0.25) is 0 Å². The summed E-state index contributed by atoms with van der Waals surface area (Å²) in [5.41, 5.74) is 3.68. The summed E-state index contributed by atoms with van der Waals surface area (Å²) in [6.07, 6.45) is 6.74. The molecule has 0 radical (unpaired) electrons. The van der Waals surface area contributed by atoms with Gasteiger partial charge in [-0.25, -0.2) is 4.79 Å². The number of anilines is 1. The predicted molar refractivity (Wildman–Crippen MR) is 105 cm³/mol. The third-order valence-electron chi connectivity index (χ3n) is 5.56. The summed E-state index contributed by atoms with van der Waals surface area (Å²) in [7, 11) is 1.69. The number of fused-ring (bicyclic) bond motifs is 1. The van der Waals surface area contributed by atoms with Gasteiger partial charge in [0.1, 0.15) is 5.75 Å². The highest BCUT2D eigenvalue weighted by molar-refractivity contribution is 5.75. The lowest BCUT2D eigenvalue weighted by Crippen LogP contribution is -2.52. The molecule has 0 spiro atoms. The molecule has 0 unspecified atom stereocenters. The lowest BCUT2D eigenvalue weighted by atomic mass is 9.87. The largest absolute Gasteiger partial charge is 0.497 e. The van der Waals surface area contributed by atoms with Crippen molar-refractivity contribution in [1.29, 1.82) is 0 Å². The molecule has 1 aliphatic carbocycles. The first-order valence-electron chi connectivity index (χ1n) is 9.62. The Bertz CT molecular complexity index is 788. The Morgan fingerprint density at radius 1 is 1.15 bits per heavy atom. The van der Waals surface area contributed by atoms with Gasteiger partial charge in [-0.3, -0.25) is 4.98 Å². The zero-order valence-corrected chi connectivity index (χ0v) is 15.7. The molecule has 2 amide bonds. The summed E-state index contributed by atoms with van der Waals surface area (Å²) in [6.45, 7) is 3.15. The number of hydrogen-bond donors (Lipinski definition) is 1. The number of benzene rings is 1. The van der Waals surface area contributed by atoms with Gasteiger partial charge in [-0.1, -0.05) is 6.07 Å². The second-order valence-corrected chi connectivity index (χ2v) is 7.14. The van der Waals surface area contributed by atoms with Crippen LogP contribution < -0.4 is 15.0 Å². The van der Waals surface area contributed by atoms with E-state index in [1.807, 2.05) is 35.5 Å². The first-order chi connectivity index (χ1) is 13.2. The smallest absolute Gasteiger partial charge is 0.318 e. The lowest BCUT2D eigenvalue weighted by molar-refractivity contribution is 0.189. The van der Waals surface area contributed by atoms with Crippen molar-refractivity contribution in [1.82, 2.24) is 15.2 Å². The minimum atomic E-state index is 0.0399. The third-order valence-corrected chi connectivity index (χ3v) is 5.56. The van der Waals surface area contributed by atoms with Crippen molar-refractivity contribution in [3.05, 3.63) is 53.9 Å². The van der Waals surface area contributed by atoms with E-state index in [0.29, 0.717) is 0 Å². The van der Waals surface area contributed by atoms with E-state index >= 15 is 0 Å². The van der Waals surface area contributed by atoms with Gasteiger partial charge in [0.25, 0.3) is 0 Å². The normalized spacial score (nSPS) is 19.4. The average molecular weight is 366 g/mol. The van der Waals surface area contributed by atoms with E-state index in [4.69, 9.17) is 4.74 Å². The van der Waals surface area contributed by atoms with Crippen molar-refractivity contribution in [2.45, 2.75) is 25.3 Å². The van der Waals surface area contributed by atoms with Crippen LogP contribution in [0, 0.1) is 0 Å². The number of rotatable bonds is 3. The summed E-state index contributed by atoms with van der Waals surface area (Å²) < 4.78 is 5.33. The fraction of sp³-hybridized carbons (Fsp3) is 0.429. The molecular weight excluding hydrogens is 340 g/mol. The molecule has 1 N–H and O–H groups in total. The molecule has 1 aliphatic heterocycles. The number of carbonyl (C=O) groups is 1. The number of nitrogens with one attached hydrogen (secondary N) is 1. The average Bonchev–Trinajstić information content (AvgIpc) is 2.74. The number of pyridine rings is 1. The fourth-order valence-corrected chi connectivity index (χ4v) is 4.03. The monoisotopic (exact) mass is 366 g/mol. The van der Waals surface area contributed by atoms with Crippen LogP contribution in [0.4, 0.5) is 10.5 Å². The van der Waals surface area contributed by atoms with E-state index in [1.54, 1.807) is 7.11 Å². The Balaban J connectivity index is 1.37. The molecular formula is C21H26N4O2. The SMILES string of the molecule is COc1ccc2c(c1)CCC[C@@H]2NC(=O)N1CCN(c2ccncc2)CC1. The first-order valence-corrected chi connectivity index (χ1v) is 9.62. The van der Waals surface area contributed by atoms with Crippen LogP contribution in [0.15, 0.2) is 42.7 Å². The Morgan fingerprint density at radius 3 is 2.67 bits per heavy atom. The summed E-state index contributed by atoms with van der Waals surface area (Å²) in [4.78, 5) is 21.1. The van der Waals surface area contributed by atoms with Gasteiger partial charge in [0.2, 0.25) is 0 Å². The maximum Gasteiger partial charge on any atom is 0.318 e. The van der Waals surface area contributed by atoms with E-state index in [0.717, 1.165) is 51.2 Å². The molecule has 27 heavy (non-hydrogen) atoms. The fourth-order valence-electron chi connectivity index (χ4n) is 4.03. The standard InChI is InChI=1S/C21H26N4O2/c1-27-18-5-6-19-16(15-18)3-2-4-20(19)23-21(26)25-13-11-24(12-14-25)17-7-9-22-10-8-17/h5-10,15,20H,2-4,11-14H2,1H3,(H,23,26)/t20-/m0/s1. The molecule has 1 atom stereocenters. The molecule has 0 bridgehead atoms. The molecule has 1 fully saturated rings. The quantitative estimate of drug-likeness (QED) is 0.907. The molecule has 1 saturated heterocycles. The van der Waals surface area contributed by atoms with Gasteiger partial charge in [0.05, 0.1) is 13.2 Å². The molecule has 142 valence electrons. The van der Waals surface area contributed by atoms with Crippen molar-refractivity contribution >= 4 is 11.7 Å². The lowest BCUT2D eigenvalue weighted by Gasteiger charge is -2.37. The number of aryl methyl sites for hydroxylation is 1. The maximum atomic E-state index is 12.8. The van der Waals surface area contributed by atoms with E-state index < -0.39 is 0 Å². The summed E-state index contributed by atoms with van der Waals surface area (Å²) in [5, 5.41) is 3.25. The number of nitrogens with zero attached hydrogens (tertiary/aromatic N) is 3. The molecule has 6 heteroatoms. The van der Waals surface area contributed by atoms with Crippen LogP contribution in [-0.4, -0.2) is 49.2 Å². The van der Waals surface area contributed by atoms with Gasteiger partial charge in [0, 0.05) is 44.3 Å². The molecule has 0 saturated carbocycles. The predicted octanol–water partition coefficient (Wildman–Crippen LogP) is 3.00. The highest BCUT2D eigenvalue weighted by atomic mass is 16.5. The van der Waals surface area contributed by atoms with E-state index in [9.17, 15) is 4.79 Å². The van der Waals surface area contributed by atoms with Crippen molar-refractivity contribution in [3.8, 4) is 5.75 Å². The van der Waals surface area contributed by atoms with Gasteiger partial charge in [-0.05, 0) is 54.7 Å². The van der Waals surface area contributed by atoms with Crippen LogP contribution >= 0.6 is 0 Å². The van der Waals surface area contributed by atoms with Gasteiger partial charge >= 0.3 is 6.03 Å². The number of methoxy groups -OCH3 is 1. The molecule has 6 nitrogen and oxygen atoms in total. The number of urea groups is 1. The van der Waals surface area contributed by atoms with Gasteiger partial charge in [-0.2, -0.15) is 0 Å². The third kappa shape index (κ3) is 3.84. The van der Waals surface area contributed by atoms with Crippen molar-refractivity contribution in [3.63, 3.8) is 0 Å². The Morgan fingerprint density at radius 2 is 1.93 bits per heavy atom. The van der Waals surface area contributed by atoms with E-state index in [-0.39, 0.29) is 12.1 Å². The molecule has 4 rings (SSSR count). The number of aromatic nitrogens is 1. The highest BCUT2D eigenvalue weighted by Gasteiger charge is 2.26. The van der Waals surface area contributed by atoms with Crippen molar-refractivity contribution in [2.75, 3.05) is 38.2 Å². The molecule has 2 aliphatic rings. The van der Waals surface area contributed by atoms with E-state index in [1.165, 1.54) is 16.8 Å². The number of hydrogen-bond acceptors (Lipinski definition) is 4. The van der Waals surface area contributed by atoms with Crippen LogP contribution in [0.25, 0.3) is 0 Å². The molecule has 1 aromatic heterocycles. The van der Waals surface area contributed by atoms with Gasteiger partial charge in [0.15, 0.2) is 0 Å². The van der Waals surface area contributed by atoms with E-state index in [2.05, 4.69) is 27.3 Å². The Labute approximate surface area is 160 Å². The summed E-state index contributed by atoms with van der Waals surface area (Å²) in [5.74, 6) is 0.882. The number of carbonyl (C=O) groups excluding carboxylic acids is 1. The van der Waals surface area contributed by atoms with Crippen molar-refractivity contribution < 1.29 is 9.53 Å². The minimum absolute atomic E-state index is 0.0399. The zero-order chi connectivity index (χ0) is 18.6. The topological polar surface area (TPSA) is 57.7 Å². The zero-order valence-electron chi connectivity index (χ0n) is 15.7. The van der Waals surface area contributed by atoms with Crippen molar-refractivity contribution in [2.24, 2.45) is 0 Å². The Kier molecular flexibility index (Phi) is 5.14. The summed E-state index contributed by atoms with van der Waals surface area (Å²) >= 11 is 0. The van der Waals surface area contributed by atoms with Crippen LogP contribution in [0.5, 0.6) is 5.75 Å². The highest BCUT2D eigenvalue weighted by Crippen LogP contribution is 2.32. The second kappa shape index (κ2) is 7.86. The molecule has 1 aromatic carbocycles. The summed E-state index contributed by atoms with van der Waals surface area (Å²) in [6, 6.07) is 10.3. The number of ether oxygens (including phenoxy) is 1. The number of amides is 2.